The molecule has 2 aromatic carbocycles. The van der Waals surface area contributed by atoms with Crippen LogP contribution in [0.3, 0.4) is 0 Å². The fourth-order valence-corrected chi connectivity index (χ4v) is 2.81. The first kappa shape index (κ1) is 20.0. The molecule has 0 unspecified atom stereocenters. The monoisotopic (exact) mass is 391 g/mol. The maximum Gasteiger partial charge on any atom is 0.417 e. The second-order valence-corrected chi connectivity index (χ2v) is 5.85. The Hall–Kier alpha value is -3.36. The normalized spacial score (nSPS) is 10.8. The number of rotatable bonds is 3. The summed E-state index contributed by atoms with van der Waals surface area (Å²) in [5.41, 5.74) is 2.20. The highest BCUT2D eigenvalue weighted by atomic mass is 35.5. The number of ketones is 1. The molecule has 5 nitrogen and oxygen atoms in total. The molecule has 0 aliphatic rings. The molecule has 2 N–H and O–H groups in total. The third-order valence-corrected chi connectivity index (χ3v) is 4.13. The molecule has 0 saturated heterocycles. The van der Waals surface area contributed by atoms with E-state index < -0.39 is 29.0 Å². The van der Waals surface area contributed by atoms with Crippen molar-refractivity contribution in [2.45, 2.75) is 13.1 Å². The largest absolute Gasteiger partial charge is 0.417 e. The molecule has 0 saturated carbocycles. The number of hydrogen-bond acceptors (Lipinski definition) is 4. The van der Waals surface area contributed by atoms with Crippen LogP contribution in [0.15, 0.2) is 24.3 Å². The van der Waals surface area contributed by atoms with Gasteiger partial charge in [0.1, 0.15) is 0 Å². The number of nitrogens with two attached hydrogens (primary N) is 1. The average Bonchev–Trinajstić information content (AvgIpc) is 2.59. The maximum absolute atomic E-state index is 13.3. The third-order valence-electron chi connectivity index (χ3n) is 3.72. The number of halogens is 4. The van der Waals surface area contributed by atoms with E-state index in [4.69, 9.17) is 27.9 Å². The molecule has 27 heavy (non-hydrogen) atoms. The lowest BCUT2D eigenvalue weighted by Gasteiger charge is -2.16. The number of alkyl halides is 3. The van der Waals surface area contributed by atoms with Crippen molar-refractivity contribution in [2.24, 2.45) is 5.73 Å². The number of benzene rings is 2. The standard InChI is InChI=1S/C18H9ClF3N3O2/c1-8(26)11-4-10(7-24)15(18(20,21)22)5-12(11)13-2-9(6-23)3-14(16(13)19)17(25)27/h2-5H,1H3,(H2,25,27). The van der Waals surface area contributed by atoms with Crippen LogP contribution >= 0.6 is 11.6 Å². The van der Waals surface area contributed by atoms with Crippen LogP contribution in [0, 0.1) is 22.7 Å². The number of carbonyl (C=O) groups excluding carboxylic acids is 2. The predicted octanol–water partition coefficient (Wildman–Crippen LogP) is 4.07. The lowest BCUT2D eigenvalue weighted by molar-refractivity contribution is -0.137. The SMILES string of the molecule is CC(=O)c1cc(C#N)c(C(F)(F)F)cc1-c1cc(C#N)cc(C(N)=O)c1Cl. The van der Waals surface area contributed by atoms with Gasteiger partial charge in [0.25, 0.3) is 0 Å². The minimum Gasteiger partial charge on any atom is -0.366 e. The molecule has 0 aliphatic heterocycles. The number of Topliss-reactive ketones (excluding diaryl/α,β-unsaturated/α-hetero) is 1. The van der Waals surface area contributed by atoms with Crippen LogP contribution in [0.25, 0.3) is 11.1 Å². The smallest absolute Gasteiger partial charge is 0.366 e. The van der Waals surface area contributed by atoms with Crippen LogP contribution in [0.2, 0.25) is 5.02 Å². The Balaban J connectivity index is 3.00. The Morgan fingerprint density at radius 3 is 2.11 bits per heavy atom. The summed E-state index contributed by atoms with van der Waals surface area (Å²) >= 11 is 6.12. The first-order valence-corrected chi connectivity index (χ1v) is 7.59. The highest BCUT2D eigenvalue weighted by Crippen LogP contribution is 2.40. The molecule has 0 aromatic heterocycles. The molecule has 0 bridgehead atoms. The van der Waals surface area contributed by atoms with Crippen molar-refractivity contribution >= 4 is 23.3 Å². The predicted molar refractivity (Wildman–Crippen MR) is 89.8 cm³/mol. The summed E-state index contributed by atoms with van der Waals surface area (Å²) in [5.74, 6) is -1.62. The van der Waals surface area contributed by atoms with E-state index in [1.165, 1.54) is 6.07 Å². The molecular formula is C18H9ClF3N3O2. The van der Waals surface area contributed by atoms with Crippen LogP contribution in [0.4, 0.5) is 13.2 Å². The lowest BCUT2D eigenvalue weighted by Crippen LogP contribution is -2.13. The average molecular weight is 392 g/mol. The van der Waals surface area contributed by atoms with Gasteiger partial charge in [-0.05, 0) is 36.8 Å². The number of nitrogens with zero attached hydrogens (tertiary/aromatic N) is 2. The molecule has 9 heteroatoms. The zero-order valence-corrected chi connectivity index (χ0v) is 14.4. The summed E-state index contributed by atoms with van der Waals surface area (Å²) in [6.07, 6.45) is -4.87. The van der Waals surface area contributed by atoms with Gasteiger partial charge >= 0.3 is 6.18 Å². The van der Waals surface area contributed by atoms with E-state index in [0.29, 0.717) is 6.07 Å². The van der Waals surface area contributed by atoms with Gasteiger partial charge in [-0.2, -0.15) is 23.7 Å². The molecule has 0 heterocycles. The highest BCUT2D eigenvalue weighted by Gasteiger charge is 2.35. The molecule has 1 amide bonds. The molecule has 0 atom stereocenters. The van der Waals surface area contributed by atoms with Crippen LogP contribution in [-0.2, 0) is 6.18 Å². The van der Waals surface area contributed by atoms with Gasteiger partial charge in [-0.3, -0.25) is 9.59 Å². The fraction of sp³-hybridized carbons (Fsp3) is 0.111. The van der Waals surface area contributed by atoms with Crippen LogP contribution in [0.5, 0.6) is 0 Å². The summed E-state index contributed by atoms with van der Waals surface area (Å²) in [7, 11) is 0. The first-order chi connectivity index (χ1) is 12.5. The van der Waals surface area contributed by atoms with Crippen LogP contribution in [-0.4, -0.2) is 11.7 Å². The Kier molecular flexibility index (Phi) is 5.25. The zero-order chi connectivity index (χ0) is 20.5. The van der Waals surface area contributed by atoms with Crippen LogP contribution in [0.1, 0.15) is 44.3 Å². The van der Waals surface area contributed by atoms with Crippen molar-refractivity contribution in [2.75, 3.05) is 0 Å². The van der Waals surface area contributed by atoms with Gasteiger partial charge in [0.2, 0.25) is 5.91 Å². The number of nitriles is 2. The fourth-order valence-electron chi connectivity index (χ4n) is 2.51. The number of hydrogen-bond donors (Lipinski definition) is 1. The topological polar surface area (TPSA) is 108 Å². The van der Waals surface area contributed by atoms with E-state index in [0.717, 1.165) is 25.1 Å². The van der Waals surface area contributed by atoms with Gasteiger partial charge in [0.15, 0.2) is 5.78 Å². The van der Waals surface area contributed by atoms with Crippen molar-refractivity contribution in [1.82, 2.24) is 0 Å². The number of carbonyl (C=O) groups is 2. The summed E-state index contributed by atoms with van der Waals surface area (Å²) in [6, 6.07) is 6.80. The van der Waals surface area contributed by atoms with Gasteiger partial charge in [-0.1, -0.05) is 11.6 Å². The van der Waals surface area contributed by atoms with Gasteiger partial charge < -0.3 is 5.73 Å². The molecule has 2 rings (SSSR count). The number of amides is 1. The van der Waals surface area contributed by atoms with Crippen molar-refractivity contribution in [3.05, 3.63) is 57.1 Å². The Morgan fingerprint density at radius 2 is 1.67 bits per heavy atom. The molecule has 0 fully saturated rings. The molecule has 0 spiro atoms. The van der Waals surface area contributed by atoms with E-state index in [2.05, 4.69) is 0 Å². The van der Waals surface area contributed by atoms with E-state index in [1.54, 1.807) is 6.07 Å². The Bertz CT molecular complexity index is 1060. The van der Waals surface area contributed by atoms with Gasteiger partial charge in [-0.25, -0.2) is 0 Å². The molecule has 0 aliphatic carbocycles. The minimum absolute atomic E-state index is 0.0874. The quantitative estimate of drug-likeness (QED) is 0.795. The zero-order valence-electron chi connectivity index (χ0n) is 13.6. The van der Waals surface area contributed by atoms with E-state index in [9.17, 15) is 22.8 Å². The maximum atomic E-state index is 13.3. The molecule has 2 aromatic rings. The van der Waals surface area contributed by atoms with Crippen molar-refractivity contribution < 1.29 is 22.8 Å². The Labute approximate surface area is 156 Å². The van der Waals surface area contributed by atoms with E-state index >= 15 is 0 Å². The second-order valence-electron chi connectivity index (χ2n) is 5.47. The summed E-state index contributed by atoms with van der Waals surface area (Å²) in [4.78, 5) is 23.5. The third kappa shape index (κ3) is 3.76. The first-order valence-electron chi connectivity index (χ1n) is 7.21. The molecule has 0 radical (unpaired) electrons. The summed E-state index contributed by atoms with van der Waals surface area (Å²) in [6.45, 7) is 1.10. The van der Waals surface area contributed by atoms with Crippen LogP contribution < -0.4 is 5.73 Å². The Morgan fingerprint density at radius 1 is 1.04 bits per heavy atom. The van der Waals surface area contributed by atoms with E-state index in [1.807, 2.05) is 0 Å². The lowest BCUT2D eigenvalue weighted by atomic mass is 9.90. The number of primary amides is 1. The van der Waals surface area contributed by atoms with Crippen molar-refractivity contribution in [3.8, 4) is 23.3 Å². The van der Waals surface area contributed by atoms with E-state index in [-0.39, 0.29) is 32.8 Å². The van der Waals surface area contributed by atoms with Gasteiger partial charge in [-0.15, -0.1) is 0 Å². The molecular weight excluding hydrogens is 383 g/mol. The van der Waals surface area contributed by atoms with Gasteiger partial charge in [0.05, 0.1) is 39.4 Å². The second kappa shape index (κ2) is 7.10. The summed E-state index contributed by atoms with van der Waals surface area (Å²) < 4.78 is 40.0. The molecule has 136 valence electrons. The minimum atomic E-state index is -4.87. The van der Waals surface area contributed by atoms with Gasteiger partial charge in [0, 0.05) is 11.1 Å². The highest BCUT2D eigenvalue weighted by molar-refractivity contribution is 6.36. The van der Waals surface area contributed by atoms with Crippen molar-refractivity contribution in [1.29, 1.82) is 10.5 Å². The van der Waals surface area contributed by atoms with Crippen molar-refractivity contribution in [3.63, 3.8) is 0 Å². The summed E-state index contributed by atoms with van der Waals surface area (Å²) in [5, 5.41) is 17.8.